The van der Waals surface area contributed by atoms with Crippen LogP contribution in [0.1, 0.15) is 56.6 Å². The first-order valence-corrected chi connectivity index (χ1v) is 8.15. The Balaban J connectivity index is 2.08. The van der Waals surface area contributed by atoms with Crippen molar-refractivity contribution in [3.05, 3.63) is 17.5 Å². The standard InChI is InChI=1S/C16H28N4O/c1-5-7-15-14(10-17-18-15)16(21)19-8-9-20(12(3)4)13(6-2)11-19/h10,12-13H,5-9,11H2,1-4H3,(H,17,18)/t13-/m0/s1. The number of carbonyl (C=O) groups excluding carboxylic acids is 1. The number of piperazine rings is 1. The Bertz CT molecular complexity index is 469. The maximum atomic E-state index is 12.7. The monoisotopic (exact) mass is 292 g/mol. The van der Waals surface area contributed by atoms with Gasteiger partial charge in [0.15, 0.2) is 0 Å². The van der Waals surface area contributed by atoms with E-state index < -0.39 is 0 Å². The Morgan fingerprint density at radius 3 is 2.81 bits per heavy atom. The van der Waals surface area contributed by atoms with Crippen LogP contribution in [0.2, 0.25) is 0 Å². The second-order valence-electron chi connectivity index (χ2n) is 6.16. The van der Waals surface area contributed by atoms with Gasteiger partial charge in [0.1, 0.15) is 0 Å². The highest BCUT2D eigenvalue weighted by Crippen LogP contribution is 2.19. The van der Waals surface area contributed by atoms with Crippen LogP contribution < -0.4 is 0 Å². The highest BCUT2D eigenvalue weighted by atomic mass is 16.2. The van der Waals surface area contributed by atoms with Crippen LogP contribution in [-0.2, 0) is 6.42 Å². The van der Waals surface area contributed by atoms with Crippen molar-refractivity contribution in [3.8, 4) is 0 Å². The lowest BCUT2D eigenvalue weighted by atomic mass is 10.1. The summed E-state index contributed by atoms with van der Waals surface area (Å²) in [6.07, 6.45) is 4.66. The molecule has 2 rings (SSSR count). The summed E-state index contributed by atoms with van der Waals surface area (Å²) in [4.78, 5) is 17.2. The van der Waals surface area contributed by atoms with E-state index in [0.29, 0.717) is 12.1 Å². The lowest BCUT2D eigenvalue weighted by Crippen LogP contribution is -2.56. The topological polar surface area (TPSA) is 52.2 Å². The fraction of sp³-hybridized carbons (Fsp3) is 0.750. The van der Waals surface area contributed by atoms with Gasteiger partial charge in [-0.25, -0.2) is 0 Å². The number of carbonyl (C=O) groups is 1. The molecule has 118 valence electrons. The number of aromatic nitrogens is 2. The summed E-state index contributed by atoms with van der Waals surface area (Å²) in [7, 11) is 0. The molecule has 0 aliphatic carbocycles. The summed E-state index contributed by atoms with van der Waals surface area (Å²) in [5.41, 5.74) is 1.73. The molecule has 2 heterocycles. The zero-order chi connectivity index (χ0) is 15.4. The predicted octanol–water partition coefficient (Wildman–Crippen LogP) is 2.31. The highest BCUT2D eigenvalue weighted by molar-refractivity contribution is 5.95. The molecule has 1 amide bonds. The summed E-state index contributed by atoms with van der Waals surface area (Å²) in [5, 5.41) is 7.03. The first kappa shape index (κ1) is 16.0. The molecule has 1 fully saturated rings. The van der Waals surface area contributed by atoms with Gasteiger partial charge in [-0.3, -0.25) is 14.8 Å². The molecular formula is C16H28N4O. The van der Waals surface area contributed by atoms with Crippen LogP contribution >= 0.6 is 0 Å². The Hall–Kier alpha value is -1.36. The number of hydrogen-bond acceptors (Lipinski definition) is 3. The molecule has 0 saturated carbocycles. The summed E-state index contributed by atoms with van der Waals surface area (Å²) in [6, 6.07) is 1.00. The van der Waals surface area contributed by atoms with Crippen LogP contribution in [0.25, 0.3) is 0 Å². The molecule has 0 bridgehead atoms. The third-order valence-corrected chi connectivity index (χ3v) is 4.40. The first-order chi connectivity index (χ1) is 10.1. The molecule has 5 heteroatoms. The van der Waals surface area contributed by atoms with Gasteiger partial charge in [0, 0.05) is 37.4 Å². The van der Waals surface area contributed by atoms with Crippen molar-refractivity contribution < 1.29 is 4.79 Å². The fourth-order valence-corrected chi connectivity index (χ4v) is 3.21. The van der Waals surface area contributed by atoms with Crippen LogP contribution in [-0.4, -0.2) is 57.6 Å². The summed E-state index contributed by atoms with van der Waals surface area (Å²) in [5.74, 6) is 0.133. The van der Waals surface area contributed by atoms with E-state index in [2.05, 4.69) is 42.8 Å². The van der Waals surface area contributed by atoms with Gasteiger partial charge in [-0.2, -0.15) is 5.10 Å². The van der Waals surface area contributed by atoms with E-state index in [1.54, 1.807) is 6.20 Å². The van der Waals surface area contributed by atoms with E-state index in [1.807, 2.05) is 4.90 Å². The van der Waals surface area contributed by atoms with Gasteiger partial charge < -0.3 is 4.90 Å². The average molecular weight is 292 g/mol. The van der Waals surface area contributed by atoms with Gasteiger partial charge in [-0.05, 0) is 26.7 Å². The maximum absolute atomic E-state index is 12.7. The molecule has 1 aliphatic rings. The molecule has 1 saturated heterocycles. The average Bonchev–Trinajstić information content (AvgIpc) is 2.94. The van der Waals surface area contributed by atoms with Crippen LogP contribution in [0.15, 0.2) is 6.20 Å². The van der Waals surface area contributed by atoms with Crippen LogP contribution in [0.4, 0.5) is 0 Å². The third-order valence-electron chi connectivity index (χ3n) is 4.40. The molecule has 0 spiro atoms. The maximum Gasteiger partial charge on any atom is 0.257 e. The van der Waals surface area contributed by atoms with Crippen molar-refractivity contribution in [3.63, 3.8) is 0 Å². The number of nitrogens with one attached hydrogen (secondary N) is 1. The van der Waals surface area contributed by atoms with Crippen molar-refractivity contribution >= 4 is 5.91 Å². The van der Waals surface area contributed by atoms with Crippen LogP contribution in [0.3, 0.4) is 0 Å². The van der Waals surface area contributed by atoms with Crippen molar-refractivity contribution in [1.82, 2.24) is 20.0 Å². The lowest BCUT2D eigenvalue weighted by molar-refractivity contribution is 0.0371. The third kappa shape index (κ3) is 3.46. The van der Waals surface area contributed by atoms with Gasteiger partial charge in [0.2, 0.25) is 0 Å². The van der Waals surface area contributed by atoms with Gasteiger partial charge in [-0.1, -0.05) is 20.3 Å². The molecule has 1 atom stereocenters. The minimum Gasteiger partial charge on any atom is -0.336 e. The Labute approximate surface area is 127 Å². The SMILES string of the molecule is CCCc1[nH]ncc1C(=O)N1CCN(C(C)C)[C@@H](CC)C1. The van der Waals surface area contributed by atoms with Gasteiger partial charge >= 0.3 is 0 Å². The van der Waals surface area contributed by atoms with Crippen molar-refractivity contribution in [1.29, 1.82) is 0 Å². The van der Waals surface area contributed by atoms with E-state index in [4.69, 9.17) is 0 Å². The molecule has 5 nitrogen and oxygen atoms in total. The molecule has 1 aliphatic heterocycles. The molecule has 1 aromatic rings. The Morgan fingerprint density at radius 2 is 2.19 bits per heavy atom. The smallest absolute Gasteiger partial charge is 0.257 e. The number of hydrogen-bond donors (Lipinski definition) is 1. The molecule has 0 radical (unpaired) electrons. The summed E-state index contributed by atoms with van der Waals surface area (Å²) < 4.78 is 0. The lowest BCUT2D eigenvalue weighted by Gasteiger charge is -2.43. The number of amides is 1. The minimum atomic E-state index is 0.133. The second-order valence-corrected chi connectivity index (χ2v) is 6.16. The number of aromatic amines is 1. The molecular weight excluding hydrogens is 264 g/mol. The van der Waals surface area contributed by atoms with Crippen LogP contribution in [0, 0.1) is 0 Å². The van der Waals surface area contributed by atoms with Crippen molar-refractivity contribution in [2.75, 3.05) is 19.6 Å². The number of aryl methyl sites for hydroxylation is 1. The first-order valence-electron chi connectivity index (χ1n) is 8.15. The van der Waals surface area contributed by atoms with E-state index >= 15 is 0 Å². The predicted molar refractivity (Wildman–Crippen MR) is 84.4 cm³/mol. The van der Waals surface area contributed by atoms with E-state index in [9.17, 15) is 4.79 Å². The molecule has 0 aromatic carbocycles. The van der Waals surface area contributed by atoms with E-state index in [1.165, 1.54) is 0 Å². The van der Waals surface area contributed by atoms with Crippen molar-refractivity contribution in [2.45, 2.75) is 59.0 Å². The molecule has 21 heavy (non-hydrogen) atoms. The fourth-order valence-electron chi connectivity index (χ4n) is 3.21. The summed E-state index contributed by atoms with van der Waals surface area (Å²) in [6.45, 7) is 11.4. The van der Waals surface area contributed by atoms with Gasteiger partial charge in [0.05, 0.1) is 11.8 Å². The summed E-state index contributed by atoms with van der Waals surface area (Å²) >= 11 is 0. The molecule has 1 N–H and O–H groups in total. The second kappa shape index (κ2) is 7.07. The van der Waals surface area contributed by atoms with E-state index in [-0.39, 0.29) is 5.91 Å². The van der Waals surface area contributed by atoms with Crippen molar-refractivity contribution in [2.24, 2.45) is 0 Å². The molecule has 1 aromatic heterocycles. The zero-order valence-electron chi connectivity index (χ0n) is 13.7. The quantitative estimate of drug-likeness (QED) is 0.906. The van der Waals surface area contributed by atoms with Gasteiger partial charge in [0.25, 0.3) is 5.91 Å². The van der Waals surface area contributed by atoms with Crippen LogP contribution in [0.5, 0.6) is 0 Å². The number of H-pyrrole nitrogens is 1. The Morgan fingerprint density at radius 1 is 1.43 bits per heavy atom. The highest BCUT2D eigenvalue weighted by Gasteiger charge is 2.31. The van der Waals surface area contributed by atoms with E-state index in [0.717, 1.165) is 50.2 Å². The zero-order valence-corrected chi connectivity index (χ0v) is 13.7. The normalized spacial score (nSPS) is 20.2. The number of rotatable bonds is 5. The largest absolute Gasteiger partial charge is 0.336 e. The molecule has 0 unspecified atom stereocenters. The number of nitrogens with zero attached hydrogens (tertiary/aromatic N) is 3. The minimum absolute atomic E-state index is 0.133. The van der Waals surface area contributed by atoms with Gasteiger partial charge in [-0.15, -0.1) is 0 Å². The Kier molecular flexibility index (Phi) is 5.39.